The van der Waals surface area contributed by atoms with E-state index in [0.717, 1.165) is 13.0 Å². The lowest BCUT2D eigenvalue weighted by Gasteiger charge is -2.15. The molecule has 24 heavy (non-hydrogen) atoms. The van der Waals surface area contributed by atoms with Crippen LogP contribution in [0, 0.1) is 0 Å². The Kier molecular flexibility index (Phi) is 7.31. The Hall–Kier alpha value is -1.82. The van der Waals surface area contributed by atoms with Gasteiger partial charge in [0.15, 0.2) is 15.8 Å². The highest BCUT2D eigenvalue weighted by Crippen LogP contribution is 2.19. The number of nitrogens with one attached hydrogen (secondary N) is 2. The Labute approximate surface area is 145 Å². The van der Waals surface area contributed by atoms with Gasteiger partial charge in [0.2, 0.25) is 0 Å². The van der Waals surface area contributed by atoms with Gasteiger partial charge < -0.3 is 10.6 Å². The van der Waals surface area contributed by atoms with E-state index in [9.17, 15) is 8.42 Å². The van der Waals surface area contributed by atoms with Crippen LogP contribution in [0.3, 0.4) is 0 Å². The maximum Gasteiger partial charge on any atom is 0.191 e. The van der Waals surface area contributed by atoms with Crippen LogP contribution in [0.1, 0.15) is 32.1 Å². The molecule has 1 aromatic rings. The minimum Gasteiger partial charge on any atom is -0.356 e. The first-order valence-electron chi connectivity index (χ1n) is 8.52. The zero-order valence-electron chi connectivity index (χ0n) is 14.3. The third kappa shape index (κ3) is 6.00. The van der Waals surface area contributed by atoms with E-state index in [4.69, 9.17) is 0 Å². The second-order valence-electron chi connectivity index (χ2n) is 5.92. The lowest BCUT2D eigenvalue weighted by Crippen LogP contribution is -2.40. The van der Waals surface area contributed by atoms with Crippen molar-refractivity contribution in [1.82, 2.24) is 10.6 Å². The van der Waals surface area contributed by atoms with Crippen LogP contribution in [0.25, 0.3) is 0 Å². The molecule has 2 N–H and O–H groups in total. The highest BCUT2D eigenvalue weighted by molar-refractivity contribution is 7.91. The van der Waals surface area contributed by atoms with Crippen LogP contribution in [-0.4, -0.2) is 40.3 Å². The molecule has 0 radical (unpaired) electrons. The summed E-state index contributed by atoms with van der Waals surface area (Å²) in [5.74, 6) is 0.692. The van der Waals surface area contributed by atoms with Crippen LogP contribution >= 0.6 is 0 Å². The Bertz CT molecular complexity index is 667. The largest absolute Gasteiger partial charge is 0.356 e. The van der Waals surface area contributed by atoms with Gasteiger partial charge in [0.1, 0.15) is 0 Å². The van der Waals surface area contributed by atoms with Crippen molar-refractivity contribution in [3.8, 4) is 0 Å². The van der Waals surface area contributed by atoms with Gasteiger partial charge in [-0.05, 0) is 44.2 Å². The molecular formula is C18H27N3O2S. The highest BCUT2D eigenvalue weighted by atomic mass is 32.2. The van der Waals surface area contributed by atoms with Crippen LogP contribution in [0.2, 0.25) is 0 Å². The number of benzene rings is 1. The van der Waals surface area contributed by atoms with Gasteiger partial charge in [0.25, 0.3) is 0 Å². The first-order chi connectivity index (χ1) is 11.6. The predicted molar refractivity (Wildman–Crippen MR) is 99.0 cm³/mol. The van der Waals surface area contributed by atoms with Gasteiger partial charge in [-0.2, -0.15) is 0 Å². The monoisotopic (exact) mass is 349 g/mol. The Morgan fingerprint density at radius 2 is 1.88 bits per heavy atom. The number of guanidine groups is 1. The molecule has 0 spiro atoms. The number of aliphatic imine (C=N–C) groups is 1. The van der Waals surface area contributed by atoms with Gasteiger partial charge in [0, 0.05) is 20.1 Å². The van der Waals surface area contributed by atoms with Crippen molar-refractivity contribution in [2.45, 2.75) is 37.0 Å². The quantitative estimate of drug-likeness (QED) is 0.451. The maximum absolute atomic E-state index is 12.2. The first-order valence-corrected chi connectivity index (χ1v) is 10.2. The third-order valence-corrected chi connectivity index (χ3v) is 5.84. The average Bonchev–Trinajstić information content (AvgIpc) is 2.62. The molecule has 0 saturated heterocycles. The zero-order chi connectivity index (χ0) is 17.3. The van der Waals surface area contributed by atoms with Crippen molar-refractivity contribution in [3.63, 3.8) is 0 Å². The van der Waals surface area contributed by atoms with Crippen molar-refractivity contribution >= 4 is 15.8 Å². The summed E-state index contributed by atoms with van der Waals surface area (Å²) in [6, 6.07) is 8.53. The minimum atomic E-state index is -3.26. The third-order valence-electron chi connectivity index (χ3n) is 4.11. The summed E-state index contributed by atoms with van der Waals surface area (Å²) >= 11 is 0. The number of rotatable bonds is 7. The second kappa shape index (κ2) is 9.47. The molecule has 1 aromatic carbocycles. The normalized spacial score (nSPS) is 15.7. The summed E-state index contributed by atoms with van der Waals surface area (Å²) in [6.07, 6.45) is 8.34. The fourth-order valence-electron chi connectivity index (χ4n) is 2.74. The van der Waals surface area contributed by atoms with Gasteiger partial charge in [-0.15, -0.1) is 0 Å². The smallest absolute Gasteiger partial charge is 0.191 e. The Morgan fingerprint density at radius 3 is 2.54 bits per heavy atom. The predicted octanol–water partition coefficient (Wildman–Crippen LogP) is 2.52. The molecule has 132 valence electrons. The zero-order valence-corrected chi connectivity index (χ0v) is 15.1. The molecule has 0 aliphatic heterocycles. The van der Waals surface area contributed by atoms with Gasteiger partial charge in [-0.1, -0.05) is 29.8 Å². The summed E-state index contributed by atoms with van der Waals surface area (Å²) in [4.78, 5) is 4.50. The summed E-state index contributed by atoms with van der Waals surface area (Å²) in [5, 5.41) is 6.32. The standard InChI is InChI=1S/C18H27N3O2S/c1-19-18(20-13-12-16-8-4-2-5-9-16)21-14-15-24(22,23)17-10-6-3-7-11-17/h3,6-8,10-11H,2,4-5,9,12-15H2,1H3,(H2,19,20,21). The molecule has 5 nitrogen and oxygen atoms in total. The highest BCUT2D eigenvalue weighted by Gasteiger charge is 2.13. The lowest BCUT2D eigenvalue weighted by molar-refractivity contribution is 0.594. The number of nitrogens with zero attached hydrogens (tertiary/aromatic N) is 1. The molecule has 1 aliphatic rings. The average molecular weight is 350 g/mol. The number of sulfone groups is 1. The van der Waals surface area contributed by atoms with E-state index >= 15 is 0 Å². The van der Waals surface area contributed by atoms with E-state index in [0.29, 0.717) is 17.4 Å². The lowest BCUT2D eigenvalue weighted by atomic mass is 9.97. The fraction of sp³-hybridized carbons (Fsp3) is 0.500. The molecule has 1 aliphatic carbocycles. The van der Waals surface area contributed by atoms with Crippen LogP contribution in [-0.2, 0) is 9.84 Å². The van der Waals surface area contributed by atoms with Crippen molar-refractivity contribution < 1.29 is 8.42 Å². The summed E-state index contributed by atoms with van der Waals surface area (Å²) < 4.78 is 24.4. The van der Waals surface area contributed by atoms with E-state index in [-0.39, 0.29) is 5.75 Å². The van der Waals surface area contributed by atoms with Crippen molar-refractivity contribution in [2.24, 2.45) is 4.99 Å². The van der Waals surface area contributed by atoms with Gasteiger partial charge >= 0.3 is 0 Å². The summed E-state index contributed by atoms with van der Waals surface area (Å²) in [6.45, 7) is 1.15. The summed E-state index contributed by atoms with van der Waals surface area (Å²) in [7, 11) is -1.56. The first kappa shape index (κ1) is 18.5. The van der Waals surface area contributed by atoms with E-state index in [1.165, 1.54) is 31.3 Å². The topological polar surface area (TPSA) is 70.6 Å². The Balaban J connectivity index is 1.72. The maximum atomic E-state index is 12.2. The van der Waals surface area contributed by atoms with E-state index in [1.807, 2.05) is 6.07 Å². The molecule has 0 saturated carbocycles. The molecule has 0 aromatic heterocycles. The fourth-order valence-corrected chi connectivity index (χ4v) is 3.92. The molecule has 0 atom stereocenters. The molecule has 0 amide bonds. The minimum absolute atomic E-state index is 0.0445. The van der Waals surface area contributed by atoms with Crippen LogP contribution in [0.5, 0.6) is 0 Å². The molecule has 6 heteroatoms. The van der Waals surface area contributed by atoms with Crippen LogP contribution in [0.15, 0.2) is 51.9 Å². The van der Waals surface area contributed by atoms with Crippen LogP contribution in [0.4, 0.5) is 0 Å². The molecule has 0 heterocycles. The molecular weight excluding hydrogens is 322 g/mol. The molecule has 0 bridgehead atoms. The Morgan fingerprint density at radius 1 is 1.12 bits per heavy atom. The van der Waals surface area contributed by atoms with Gasteiger partial charge in [-0.25, -0.2) is 8.42 Å². The molecule has 0 unspecified atom stereocenters. The van der Waals surface area contributed by atoms with Gasteiger partial charge in [-0.3, -0.25) is 4.99 Å². The number of hydrogen-bond acceptors (Lipinski definition) is 3. The number of hydrogen-bond donors (Lipinski definition) is 2. The van der Waals surface area contributed by atoms with Crippen LogP contribution < -0.4 is 10.6 Å². The van der Waals surface area contributed by atoms with Crippen molar-refractivity contribution in [3.05, 3.63) is 42.0 Å². The second-order valence-corrected chi connectivity index (χ2v) is 8.02. The van der Waals surface area contributed by atoms with Gasteiger partial charge in [0.05, 0.1) is 10.6 Å². The van der Waals surface area contributed by atoms with E-state index < -0.39 is 9.84 Å². The summed E-state index contributed by atoms with van der Waals surface area (Å²) in [5.41, 5.74) is 1.51. The van der Waals surface area contributed by atoms with Crippen molar-refractivity contribution in [2.75, 3.05) is 25.9 Å². The SMILES string of the molecule is CN=C(NCCC1=CCCCC1)NCCS(=O)(=O)c1ccccc1. The van der Waals surface area contributed by atoms with Crippen molar-refractivity contribution in [1.29, 1.82) is 0 Å². The van der Waals surface area contributed by atoms with E-state index in [2.05, 4.69) is 21.7 Å². The van der Waals surface area contributed by atoms with E-state index in [1.54, 1.807) is 31.3 Å². The molecule has 0 fully saturated rings. The number of allylic oxidation sites excluding steroid dienone is 1. The molecule has 2 rings (SSSR count).